The zero-order valence-electron chi connectivity index (χ0n) is 5.09. The number of hydrogen-bond acceptors (Lipinski definition) is 3. The van der Waals surface area contributed by atoms with Crippen LogP contribution in [0.1, 0.15) is 11.3 Å². The van der Waals surface area contributed by atoms with Crippen LogP contribution in [-0.4, -0.2) is 4.37 Å². The Labute approximate surface area is 57.9 Å². The third kappa shape index (κ3) is 1.27. The van der Waals surface area contributed by atoms with Crippen molar-refractivity contribution < 1.29 is 0 Å². The molecule has 0 amide bonds. The maximum Gasteiger partial charge on any atom is 0.0788 e. The van der Waals surface area contributed by atoms with Gasteiger partial charge in [0.25, 0.3) is 0 Å². The molecule has 1 rings (SSSR count). The van der Waals surface area contributed by atoms with Gasteiger partial charge in [0.05, 0.1) is 18.2 Å². The van der Waals surface area contributed by atoms with Gasteiger partial charge < -0.3 is 0 Å². The quantitative estimate of drug-likeness (QED) is 0.590. The lowest BCUT2D eigenvalue weighted by Gasteiger charge is -1.83. The standard InChI is InChI=1S/C6H6N2S/c1-5-4-9-8-6(5)2-3-7/h4H,2H2,1H3. The lowest BCUT2D eigenvalue weighted by Crippen LogP contribution is -1.81. The Kier molecular flexibility index (Phi) is 1.81. The summed E-state index contributed by atoms with van der Waals surface area (Å²) in [5, 5.41) is 10.2. The van der Waals surface area contributed by atoms with Crippen LogP contribution in [0.15, 0.2) is 5.38 Å². The molecule has 2 nitrogen and oxygen atoms in total. The third-order valence-corrected chi connectivity index (χ3v) is 1.88. The van der Waals surface area contributed by atoms with Gasteiger partial charge in [-0.15, -0.1) is 0 Å². The van der Waals surface area contributed by atoms with E-state index in [1.807, 2.05) is 12.3 Å². The molecule has 1 aromatic rings. The van der Waals surface area contributed by atoms with Crippen LogP contribution in [0.2, 0.25) is 0 Å². The number of rotatable bonds is 1. The zero-order valence-corrected chi connectivity index (χ0v) is 5.90. The SMILES string of the molecule is Cc1csnc1CC#N. The van der Waals surface area contributed by atoms with Crippen molar-refractivity contribution in [1.82, 2.24) is 4.37 Å². The third-order valence-electron chi connectivity index (χ3n) is 1.09. The molecular formula is C6H6N2S. The minimum absolute atomic E-state index is 0.440. The van der Waals surface area contributed by atoms with Gasteiger partial charge in [-0.25, -0.2) is 0 Å². The van der Waals surface area contributed by atoms with Gasteiger partial charge in [-0.1, -0.05) is 0 Å². The first-order chi connectivity index (χ1) is 4.34. The minimum atomic E-state index is 0.440. The molecule has 0 spiro atoms. The fourth-order valence-electron chi connectivity index (χ4n) is 0.556. The van der Waals surface area contributed by atoms with Crippen molar-refractivity contribution >= 4 is 11.5 Å². The van der Waals surface area contributed by atoms with Crippen molar-refractivity contribution in [2.75, 3.05) is 0 Å². The second-order valence-electron chi connectivity index (χ2n) is 1.78. The van der Waals surface area contributed by atoms with Crippen molar-refractivity contribution in [2.24, 2.45) is 0 Å². The Morgan fingerprint density at radius 2 is 2.67 bits per heavy atom. The van der Waals surface area contributed by atoms with Crippen molar-refractivity contribution in [2.45, 2.75) is 13.3 Å². The number of hydrogen-bond donors (Lipinski definition) is 0. The van der Waals surface area contributed by atoms with Gasteiger partial charge >= 0.3 is 0 Å². The second kappa shape index (κ2) is 2.60. The summed E-state index contributed by atoms with van der Waals surface area (Å²) in [5.74, 6) is 0. The number of nitriles is 1. The molecule has 0 saturated heterocycles. The van der Waals surface area contributed by atoms with Crippen LogP contribution in [0.3, 0.4) is 0 Å². The molecule has 1 heterocycles. The molecule has 0 fully saturated rings. The minimum Gasteiger partial charge on any atom is -0.198 e. The zero-order chi connectivity index (χ0) is 6.69. The summed E-state index contributed by atoms with van der Waals surface area (Å²) >= 11 is 1.41. The highest BCUT2D eigenvalue weighted by Gasteiger charge is 1.97. The van der Waals surface area contributed by atoms with E-state index >= 15 is 0 Å². The van der Waals surface area contributed by atoms with E-state index in [-0.39, 0.29) is 0 Å². The van der Waals surface area contributed by atoms with E-state index in [2.05, 4.69) is 10.4 Å². The molecule has 0 aliphatic heterocycles. The fraction of sp³-hybridized carbons (Fsp3) is 0.333. The van der Waals surface area contributed by atoms with E-state index in [1.165, 1.54) is 11.5 Å². The van der Waals surface area contributed by atoms with E-state index in [1.54, 1.807) is 0 Å². The molecule has 9 heavy (non-hydrogen) atoms. The van der Waals surface area contributed by atoms with Gasteiger partial charge in [0, 0.05) is 5.38 Å². The first-order valence-electron chi connectivity index (χ1n) is 2.61. The highest BCUT2D eigenvalue weighted by Crippen LogP contribution is 2.07. The maximum atomic E-state index is 8.28. The molecule has 46 valence electrons. The van der Waals surface area contributed by atoms with Gasteiger partial charge in [0.2, 0.25) is 0 Å². The molecule has 0 aromatic carbocycles. The van der Waals surface area contributed by atoms with Gasteiger partial charge in [-0.2, -0.15) is 9.64 Å². The van der Waals surface area contributed by atoms with Crippen LogP contribution in [0.5, 0.6) is 0 Å². The molecule has 0 saturated carbocycles. The lowest BCUT2D eigenvalue weighted by molar-refractivity contribution is 1.16. The maximum absolute atomic E-state index is 8.28. The molecular weight excluding hydrogens is 132 g/mol. The normalized spacial score (nSPS) is 8.89. The molecule has 0 N–H and O–H groups in total. The summed E-state index contributed by atoms with van der Waals surface area (Å²) in [7, 11) is 0. The van der Waals surface area contributed by atoms with Crippen LogP contribution in [0.25, 0.3) is 0 Å². The van der Waals surface area contributed by atoms with Crippen molar-refractivity contribution in [3.63, 3.8) is 0 Å². The smallest absolute Gasteiger partial charge is 0.0788 e. The first-order valence-corrected chi connectivity index (χ1v) is 3.45. The predicted octanol–water partition coefficient (Wildman–Crippen LogP) is 1.52. The summed E-state index contributed by atoms with van der Waals surface area (Å²) in [4.78, 5) is 0. The monoisotopic (exact) mass is 138 g/mol. The Hall–Kier alpha value is -0.880. The molecule has 0 aliphatic rings. The summed E-state index contributed by atoms with van der Waals surface area (Å²) in [6, 6.07) is 2.06. The molecule has 1 aromatic heterocycles. The molecule has 0 unspecified atom stereocenters. The van der Waals surface area contributed by atoms with Gasteiger partial charge in [-0.05, 0) is 24.0 Å². The van der Waals surface area contributed by atoms with E-state index in [4.69, 9.17) is 5.26 Å². The summed E-state index contributed by atoms with van der Waals surface area (Å²) < 4.78 is 4.02. The Morgan fingerprint density at radius 3 is 3.11 bits per heavy atom. The van der Waals surface area contributed by atoms with E-state index < -0.39 is 0 Å². The van der Waals surface area contributed by atoms with Crippen LogP contribution < -0.4 is 0 Å². The lowest BCUT2D eigenvalue weighted by atomic mass is 10.2. The van der Waals surface area contributed by atoms with Gasteiger partial charge in [-0.3, -0.25) is 0 Å². The summed E-state index contributed by atoms with van der Waals surface area (Å²) in [5.41, 5.74) is 2.05. The Bertz CT molecular complexity index is 233. The fourth-order valence-corrected chi connectivity index (χ4v) is 1.24. The van der Waals surface area contributed by atoms with Crippen LogP contribution in [0.4, 0.5) is 0 Å². The average molecular weight is 138 g/mol. The van der Waals surface area contributed by atoms with Crippen molar-refractivity contribution in [3.05, 3.63) is 16.6 Å². The molecule has 0 radical (unpaired) electrons. The topological polar surface area (TPSA) is 36.7 Å². The van der Waals surface area contributed by atoms with Crippen LogP contribution in [-0.2, 0) is 6.42 Å². The molecule has 0 bridgehead atoms. The van der Waals surface area contributed by atoms with Crippen molar-refractivity contribution in [3.8, 4) is 6.07 Å². The second-order valence-corrected chi connectivity index (χ2v) is 2.41. The van der Waals surface area contributed by atoms with Crippen LogP contribution in [0, 0.1) is 18.3 Å². The molecule has 0 atom stereocenters. The Balaban J connectivity index is 2.84. The number of aromatic nitrogens is 1. The highest BCUT2D eigenvalue weighted by molar-refractivity contribution is 7.03. The van der Waals surface area contributed by atoms with Crippen molar-refractivity contribution in [1.29, 1.82) is 5.26 Å². The van der Waals surface area contributed by atoms with Gasteiger partial charge in [0.1, 0.15) is 0 Å². The number of nitrogens with zero attached hydrogens (tertiary/aromatic N) is 2. The largest absolute Gasteiger partial charge is 0.198 e. The first kappa shape index (κ1) is 6.24. The molecule has 3 heteroatoms. The summed E-state index contributed by atoms with van der Waals surface area (Å²) in [6.45, 7) is 1.97. The average Bonchev–Trinajstić information content (AvgIpc) is 2.18. The summed E-state index contributed by atoms with van der Waals surface area (Å²) in [6.07, 6.45) is 0.440. The Morgan fingerprint density at radius 1 is 1.89 bits per heavy atom. The van der Waals surface area contributed by atoms with E-state index in [9.17, 15) is 0 Å². The predicted molar refractivity (Wildman–Crippen MR) is 36.2 cm³/mol. The highest BCUT2D eigenvalue weighted by atomic mass is 32.1. The number of aryl methyl sites for hydroxylation is 1. The van der Waals surface area contributed by atoms with E-state index in [0.717, 1.165) is 11.3 Å². The van der Waals surface area contributed by atoms with Crippen LogP contribution >= 0.6 is 11.5 Å². The molecule has 0 aliphatic carbocycles. The van der Waals surface area contributed by atoms with E-state index in [0.29, 0.717) is 6.42 Å². The van der Waals surface area contributed by atoms with Gasteiger partial charge in [0.15, 0.2) is 0 Å².